The van der Waals surface area contributed by atoms with Crippen molar-refractivity contribution < 1.29 is 23.9 Å². The van der Waals surface area contributed by atoms with Crippen LogP contribution < -0.4 is 10.6 Å². The summed E-state index contributed by atoms with van der Waals surface area (Å²) in [7, 11) is 0. The molecule has 1 aliphatic rings. The summed E-state index contributed by atoms with van der Waals surface area (Å²) in [5.41, 5.74) is 1.95. The van der Waals surface area contributed by atoms with Crippen molar-refractivity contribution in [3.05, 3.63) is 70.9 Å². The summed E-state index contributed by atoms with van der Waals surface area (Å²) in [6.45, 7) is 1.57. The number of urea groups is 1. The molecule has 9 nitrogen and oxygen atoms in total. The van der Waals surface area contributed by atoms with Crippen LogP contribution in [0.15, 0.2) is 65.3 Å². The number of benzene rings is 1. The van der Waals surface area contributed by atoms with Crippen LogP contribution in [0.1, 0.15) is 17.3 Å². The second-order valence-electron chi connectivity index (χ2n) is 6.71. The summed E-state index contributed by atoms with van der Waals surface area (Å²) in [6.07, 6.45) is 1.61. The van der Waals surface area contributed by atoms with E-state index in [4.69, 9.17) is 9.47 Å². The summed E-state index contributed by atoms with van der Waals surface area (Å²) in [5.74, 6) is -1.21. The monoisotopic (exact) mass is 452 g/mol. The Kier molecular flexibility index (Phi) is 6.31. The molecule has 3 heterocycles. The van der Waals surface area contributed by atoms with E-state index >= 15 is 0 Å². The van der Waals surface area contributed by atoms with Gasteiger partial charge < -0.3 is 20.1 Å². The van der Waals surface area contributed by atoms with E-state index in [0.29, 0.717) is 5.69 Å². The van der Waals surface area contributed by atoms with Crippen LogP contribution in [0, 0.1) is 0 Å². The molecular formula is C22H20N4O5S. The van der Waals surface area contributed by atoms with Gasteiger partial charge in [-0.1, -0.05) is 24.3 Å². The minimum absolute atomic E-state index is 0.00998. The maximum absolute atomic E-state index is 13.0. The first-order valence-corrected chi connectivity index (χ1v) is 10.7. The molecular weight excluding hydrogens is 432 g/mol. The lowest BCUT2D eigenvalue weighted by Crippen LogP contribution is -2.45. The van der Waals surface area contributed by atoms with Crippen LogP contribution in [0.25, 0.3) is 16.3 Å². The Morgan fingerprint density at radius 1 is 1.12 bits per heavy atom. The van der Waals surface area contributed by atoms with Gasteiger partial charge in [0.25, 0.3) is 0 Å². The molecule has 0 atom stereocenters. The Morgan fingerprint density at radius 3 is 2.66 bits per heavy atom. The third-order valence-electron chi connectivity index (χ3n) is 4.63. The van der Waals surface area contributed by atoms with Crippen LogP contribution in [-0.2, 0) is 14.3 Å². The number of carbonyl (C=O) groups is 3. The third-order valence-corrected chi connectivity index (χ3v) is 5.51. The largest absolute Gasteiger partial charge is 0.463 e. The quantitative estimate of drug-likeness (QED) is 0.533. The smallest absolute Gasteiger partial charge is 0.342 e. The fraction of sp³-hybridized carbons (Fsp3) is 0.182. The number of hydrogen-bond acceptors (Lipinski definition) is 7. The average molecular weight is 452 g/mol. The topological polar surface area (TPSA) is 112 Å². The zero-order valence-electron chi connectivity index (χ0n) is 17.2. The molecule has 2 amide bonds. The molecule has 1 aliphatic heterocycles. The molecule has 0 saturated heterocycles. The first kappa shape index (κ1) is 21.3. The molecule has 0 radical (unpaired) electrons. The lowest BCUT2D eigenvalue weighted by molar-refractivity contribution is -0.138. The van der Waals surface area contributed by atoms with E-state index in [9.17, 15) is 14.4 Å². The van der Waals surface area contributed by atoms with Gasteiger partial charge in [-0.3, -0.25) is 0 Å². The molecule has 164 valence electrons. The van der Waals surface area contributed by atoms with Crippen LogP contribution >= 0.6 is 11.3 Å². The van der Waals surface area contributed by atoms with Gasteiger partial charge in [-0.15, -0.1) is 11.3 Å². The summed E-state index contributed by atoms with van der Waals surface area (Å²) in [6, 6.07) is 12.7. The summed E-state index contributed by atoms with van der Waals surface area (Å²) in [4.78, 5) is 37.7. The van der Waals surface area contributed by atoms with Crippen molar-refractivity contribution in [2.75, 3.05) is 19.8 Å². The van der Waals surface area contributed by atoms with Gasteiger partial charge >= 0.3 is 18.0 Å². The highest BCUT2D eigenvalue weighted by Crippen LogP contribution is 2.28. The highest BCUT2D eigenvalue weighted by Gasteiger charge is 2.26. The van der Waals surface area contributed by atoms with E-state index < -0.39 is 18.0 Å². The number of thiophene rings is 1. The molecule has 0 fully saturated rings. The summed E-state index contributed by atoms with van der Waals surface area (Å²) in [5, 5.41) is 11.5. The SMILES string of the molecule is CCOC(=O)C1=C(COC(=O)c2cn(-c3ccccc3)nc2-c2cccs2)NC(=O)NC1. The Morgan fingerprint density at radius 2 is 1.94 bits per heavy atom. The molecule has 2 N–H and O–H groups in total. The van der Waals surface area contributed by atoms with E-state index in [0.717, 1.165) is 10.6 Å². The fourth-order valence-corrected chi connectivity index (χ4v) is 3.84. The first-order valence-electron chi connectivity index (χ1n) is 9.87. The van der Waals surface area contributed by atoms with E-state index in [2.05, 4.69) is 15.7 Å². The molecule has 0 unspecified atom stereocenters. The summed E-state index contributed by atoms with van der Waals surface area (Å²) < 4.78 is 12.1. The molecule has 0 aliphatic carbocycles. The van der Waals surface area contributed by atoms with Gasteiger partial charge in [-0.25, -0.2) is 19.1 Å². The Hall–Kier alpha value is -3.92. The molecule has 10 heteroatoms. The zero-order valence-corrected chi connectivity index (χ0v) is 18.0. The normalized spacial score (nSPS) is 13.3. The number of rotatable bonds is 7. The molecule has 2 aromatic heterocycles. The van der Waals surface area contributed by atoms with Crippen molar-refractivity contribution in [1.29, 1.82) is 0 Å². The lowest BCUT2D eigenvalue weighted by Gasteiger charge is -2.21. The predicted octanol–water partition coefficient (Wildman–Crippen LogP) is 2.89. The number of para-hydroxylation sites is 1. The first-order chi connectivity index (χ1) is 15.6. The highest BCUT2D eigenvalue weighted by atomic mass is 32.1. The fourth-order valence-electron chi connectivity index (χ4n) is 3.12. The maximum atomic E-state index is 13.0. The Labute approximate surface area is 187 Å². The number of nitrogens with one attached hydrogen (secondary N) is 2. The zero-order chi connectivity index (χ0) is 22.5. The van der Waals surface area contributed by atoms with Crippen molar-refractivity contribution in [2.45, 2.75) is 6.92 Å². The second kappa shape index (κ2) is 9.48. The minimum Gasteiger partial charge on any atom is -0.463 e. The maximum Gasteiger partial charge on any atom is 0.342 e. The Bertz CT molecular complexity index is 1170. The minimum atomic E-state index is -0.626. The number of amides is 2. The molecule has 1 aromatic carbocycles. The van der Waals surface area contributed by atoms with Gasteiger partial charge in [-0.05, 0) is 30.5 Å². The van der Waals surface area contributed by atoms with Crippen LogP contribution in [-0.4, -0.2) is 47.5 Å². The van der Waals surface area contributed by atoms with Crippen molar-refractivity contribution >= 4 is 29.3 Å². The van der Waals surface area contributed by atoms with Crippen molar-refractivity contribution in [3.63, 3.8) is 0 Å². The van der Waals surface area contributed by atoms with E-state index in [1.807, 2.05) is 47.8 Å². The number of ether oxygens (including phenoxy) is 2. The van der Waals surface area contributed by atoms with Crippen molar-refractivity contribution in [2.24, 2.45) is 0 Å². The number of hydrogen-bond donors (Lipinski definition) is 2. The predicted molar refractivity (Wildman–Crippen MR) is 117 cm³/mol. The Balaban J connectivity index is 1.61. The highest BCUT2D eigenvalue weighted by molar-refractivity contribution is 7.13. The third kappa shape index (κ3) is 4.54. The van der Waals surface area contributed by atoms with Gasteiger partial charge in [-0.2, -0.15) is 5.10 Å². The van der Waals surface area contributed by atoms with Crippen LogP contribution in [0.5, 0.6) is 0 Å². The van der Waals surface area contributed by atoms with E-state index in [1.165, 1.54) is 11.3 Å². The number of nitrogens with zero attached hydrogens (tertiary/aromatic N) is 2. The number of esters is 2. The van der Waals surface area contributed by atoms with Gasteiger partial charge in [0.1, 0.15) is 17.9 Å². The van der Waals surface area contributed by atoms with E-state index in [1.54, 1.807) is 17.8 Å². The van der Waals surface area contributed by atoms with Crippen LogP contribution in [0.3, 0.4) is 0 Å². The number of carbonyl (C=O) groups excluding carboxylic acids is 3. The average Bonchev–Trinajstić information content (AvgIpc) is 3.48. The lowest BCUT2D eigenvalue weighted by atomic mass is 10.1. The van der Waals surface area contributed by atoms with Gasteiger partial charge in [0.05, 0.1) is 35.0 Å². The van der Waals surface area contributed by atoms with Gasteiger partial charge in [0, 0.05) is 6.20 Å². The number of aromatic nitrogens is 2. The van der Waals surface area contributed by atoms with Crippen LogP contribution in [0.4, 0.5) is 4.79 Å². The van der Waals surface area contributed by atoms with Crippen LogP contribution in [0.2, 0.25) is 0 Å². The van der Waals surface area contributed by atoms with Gasteiger partial charge in [0.15, 0.2) is 0 Å². The van der Waals surface area contributed by atoms with Crippen molar-refractivity contribution in [3.8, 4) is 16.3 Å². The summed E-state index contributed by atoms with van der Waals surface area (Å²) >= 11 is 1.45. The molecule has 0 spiro atoms. The van der Waals surface area contributed by atoms with Gasteiger partial charge in [0.2, 0.25) is 0 Å². The molecule has 0 bridgehead atoms. The molecule has 4 rings (SSSR count). The van der Waals surface area contributed by atoms with E-state index in [-0.39, 0.29) is 36.6 Å². The second-order valence-corrected chi connectivity index (χ2v) is 7.66. The molecule has 0 saturated carbocycles. The van der Waals surface area contributed by atoms with Crippen molar-refractivity contribution in [1.82, 2.24) is 20.4 Å². The standard InChI is InChI=1S/C22H20N4O5S/c1-2-30-20(27)15-11-23-22(29)24-17(15)13-31-21(28)16-12-26(14-7-4-3-5-8-14)25-19(16)18-9-6-10-32-18/h3-10,12H,2,11,13H2,1H3,(H2,23,24,29). The molecule has 3 aromatic rings. The molecule has 32 heavy (non-hydrogen) atoms.